The van der Waals surface area contributed by atoms with Crippen molar-refractivity contribution in [2.24, 2.45) is 0 Å². The van der Waals surface area contributed by atoms with E-state index >= 15 is 0 Å². The van der Waals surface area contributed by atoms with Gasteiger partial charge in [0.2, 0.25) is 0 Å². The molecule has 2 heteroatoms. The van der Waals surface area contributed by atoms with E-state index in [0.717, 1.165) is 39.0 Å². The summed E-state index contributed by atoms with van der Waals surface area (Å²) in [4.78, 5) is 2.33. The van der Waals surface area contributed by atoms with Gasteiger partial charge in [-0.05, 0) is 92.3 Å². The molecule has 216 valence electrons. The highest BCUT2D eigenvalue weighted by atomic mass is 16.3. The number of benzene rings is 8. The van der Waals surface area contributed by atoms with Crippen LogP contribution in [0.2, 0.25) is 0 Å². The maximum absolute atomic E-state index is 6.35. The van der Waals surface area contributed by atoms with Crippen molar-refractivity contribution in [3.63, 3.8) is 0 Å². The van der Waals surface area contributed by atoms with Crippen LogP contribution in [0.5, 0.6) is 0 Å². The molecule has 8 aromatic carbocycles. The number of hydrogen-bond acceptors (Lipinski definition) is 2. The van der Waals surface area contributed by atoms with Gasteiger partial charge < -0.3 is 9.32 Å². The van der Waals surface area contributed by atoms with E-state index in [1.165, 1.54) is 43.8 Å². The molecule has 2 nitrogen and oxygen atoms in total. The third-order valence-electron chi connectivity index (χ3n) is 9.04. The Morgan fingerprint density at radius 3 is 1.76 bits per heavy atom. The van der Waals surface area contributed by atoms with Crippen LogP contribution in [0.1, 0.15) is 0 Å². The van der Waals surface area contributed by atoms with Crippen molar-refractivity contribution in [2.45, 2.75) is 0 Å². The second kappa shape index (κ2) is 10.8. The van der Waals surface area contributed by atoms with Crippen molar-refractivity contribution in [1.82, 2.24) is 0 Å². The summed E-state index contributed by atoms with van der Waals surface area (Å²) >= 11 is 0. The molecule has 0 N–H and O–H groups in total. The lowest BCUT2D eigenvalue weighted by atomic mass is 9.88. The van der Waals surface area contributed by atoms with Gasteiger partial charge in [-0.3, -0.25) is 0 Å². The Bertz CT molecular complexity index is 2530. The quantitative estimate of drug-likeness (QED) is 0.186. The van der Waals surface area contributed by atoms with E-state index in [1.807, 2.05) is 12.1 Å². The van der Waals surface area contributed by atoms with Crippen molar-refractivity contribution in [1.29, 1.82) is 0 Å². The summed E-state index contributed by atoms with van der Waals surface area (Å²) in [6.45, 7) is 0. The first-order valence-electron chi connectivity index (χ1n) is 15.7. The highest BCUT2D eigenvalue weighted by Crippen LogP contribution is 2.44. The molecule has 0 radical (unpaired) electrons. The fourth-order valence-electron chi connectivity index (χ4n) is 6.92. The van der Waals surface area contributed by atoms with Crippen molar-refractivity contribution in [2.75, 3.05) is 4.90 Å². The Morgan fingerprint density at radius 2 is 0.935 bits per heavy atom. The van der Waals surface area contributed by atoms with Gasteiger partial charge in [0.15, 0.2) is 0 Å². The first-order valence-corrected chi connectivity index (χ1v) is 15.7. The molecule has 0 bridgehead atoms. The van der Waals surface area contributed by atoms with E-state index in [2.05, 4.69) is 169 Å². The van der Waals surface area contributed by atoms with Crippen LogP contribution in [0.3, 0.4) is 0 Å². The van der Waals surface area contributed by atoms with Gasteiger partial charge in [0.25, 0.3) is 0 Å². The molecule has 1 heterocycles. The van der Waals surface area contributed by atoms with E-state index in [4.69, 9.17) is 4.42 Å². The summed E-state index contributed by atoms with van der Waals surface area (Å²) in [5, 5.41) is 7.25. The monoisotopic (exact) mass is 587 g/mol. The predicted octanol–water partition coefficient (Wildman–Crippen LogP) is 12.7. The second-order valence-electron chi connectivity index (χ2n) is 11.7. The van der Waals surface area contributed by atoms with Crippen molar-refractivity contribution >= 4 is 60.5 Å². The molecular formula is C44H29NO. The molecule has 0 saturated heterocycles. The molecule has 0 amide bonds. The molecule has 9 aromatic rings. The zero-order chi connectivity index (χ0) is 30.5. The summed E-state index contributed by atoms with van der Waals surface area (Å²) < 4.78 is 6.35. The zero-order valence-electron chi connectivity index (χ0n) is 25.1. The molecule has 0 aliphatic carbocycles. The van der Waals surface area contributed by atoms with Crippen LogP contribution in [0.15, 0.2) is 180 Å². The van der Waals surface area contributed by atoms with E-state index < -0.39 is 0 Å². The molecule has 46 heavy (non-hydrogen) atoms. The van der Waals surface area contributed by atoms with Crippen LogP contribution in [-0.2, 0) is 0 Å². The summed E-state index contributed by atoms with van der Waals surface area (Å²) in [7, 11) is 0. The molecule has 9 rings (SSSR count). The molecule has 0 aliphatic rings. The largest absolute Gasteiger partial charge is 0.456 e. The Kier molecular flexibility index (Phi) is 6.17. The average molecular weight is 588 g/mol. The highest BCUT2D eigenvalue weighted by molar-refractivity contribution is 6.15. The SMILES string of the molecule is c1ccc(-c2ccc(N(c3ccccc3)c3ccc4c(c3)oc3ccccc34)cc2-c2cc3ccccc3c3ccccc23)cc1. The third kappa shape index (κ3) is 4.35. The minimum absolute atomic E-state index is 0.876. The van der Waals surface area contributed by atoms with Crippen LogP contribution >= 0.6 is 0 Å². The van der Waals surface area contributed by atoms with Crippen molar-refractivity contribution in [3.8, 4) is 22.3 Å². The number of rotatable bonds is 5. The zero-order valence-corrected chi connectivity index (χ0v) is 25.1. The van der Waals surface area contributed by atoms with Crippen LogP contribution in [0.4, 0.5) is 17.1 Å². The lowest BCUT2D eigenvalue weighted by molar-refractivity contribution is 0.669. The number of para-hydroxylation sites is 2. The minimum Gasteiger partial charge on any atom is -0.456 e. The second-order valence-corrected chi connectivity index (χ2v) is 11.7. The van der Waals surface area contributed by atoms with Crippen molar-refractivity contribution < 1.29 is 4.42 Å². The number of nitrogens with zero attached hydrogens (tertiary/aromatic N) is 1. The fourth-order valence-corrected chi connectivity index (χ4v) is 6.92. The van der Waals surface area contributed by atoms with Gasteiger partial charge in [-0.25, -0.2) is 0 Å². The molecule has 0 saturated carbocycles. The summed E-state index contributed by atoms with van der Waals surface area (Å²) in [6, 6.07) is 62.8. The Morgan fingerprint density at radius 1 is 0.326 bits per heavy atom. The van der Waals surface area contributed by atoms with Crippen LogP contribution in [0.25, 0.3) is 65.7 Å². The Balaban J connectivity index is 1.32. The maximum Gasteiger partial charge on any atom is 0.137 e. The summed E-state index contributed by atoms with van der Waals surface area (Å²) in [5.74, 6) is 0. The molecule has 0 fully saturated rings. The average Bonchev–Trinajstić information content (AvgIpc) is 3.50. The molecule has 1 aromatic heterocycles. The van der Waals surface area contributed by atoms with Gasteiger partial charge >= 0.3 is 0 Å². The van der Waals surface area contributed by atoms with Crippen molar-refractivity contribution in [3.05, 3.63) is 176 Å². The lowest BCUT2D eigenvalue weighted by Crippen LogP contribution is -2.10. The predicted molar refractivity (Wildman–Crippen MR) is 194 cm³/mol. The van der Waals surface area contributed by atoms with Gasteiger partial charge in [-0.2, -0.15) is 0 Å². The molecule has 0 unspecified atom stereocenters. The van der Waals surface area contributed by atoms with Crippen LogP contribution in [0, 0.1) is 0 Å². The van der Waals surface area contributed by atoms with E-state index in [0.29, 0.717) is 0 Å². The summed E-state index contributed by atoms with van der Waals surface area (Å²) in [5.41, 5.74) is 9.78. The number of fused-ring (bicyclic) bond motifs is 6. The topological polar surface area (TPSA) is 16.4 Å². The van der Waals surface area contributed by atoms with E-state index in [9.17, 15) is 0 Å². The lowest BCUT2D eigenvalue weighted by Gasteiger charge is -2.27. The van der Waals surface area contributed by atoms with Gasteiger partial charge in [0.1, 0.15) is 11.2 Å². The molecular weight excluding hydrogens is 558 g/mol. The smallest absolute Gasteiger partial charge is 0.137 e. The van der Waals surface area contributed by atoms with Gasteiger partial charge in [-0.15, -0.1) is 0 Å². The summed E-state index contributed by atoms with van der Waals surface area (Å²) in [6.07, 6.45) is 0. The fraction of sp³-hybridized carbons (Fsp3) is 0. The number of hydrogen-bond donors (Lipinski definition) is 0. The third-order valence-corrected chi connectivity index (χ3v) is 9.04. The first kappa shape index (κ1) is 26.3. The van der Waals surface area contributed by atoms with Gasteiger partial charge in [0.05, 0.1) is 0 Å². The van der Waals surface area contributed by atoms with E-state index in [1.54, 1.807) is 0 Å². The molecule has 0 spiro atoms. The standard InChI is InChI=1S/C44H29NO/c1-3-13-30(14-4-1)36-25-23-33(28-42(36)41-27-31-15-7-8-18-35(31)37-19-9-10-20-38(37)41)45(32-16-5-2-6-17-32)34-24-26-40-39-21-11-12-22-43(39)46-44(40)29-34/h1-29H. The molecule has 0 aliphatic heterocycles. The van der Waals surface area contributed by atoms with Gasteiger partial charge in [-0.1, -0.05) is 121 Å². The number of furan rings is 1. The molecule has 0 atom stereocenters. The first-order chi connectivity index (χ1) is 22.8. The Labute approximate surface area is 267 Å². The Hall–Kier alpha value is -6.12. The number of anilines is 3. The normalized spacial score (nSPS) is 11.5. The van der Waals surface area contributed by atoms with E-state index in [-0.39, 0.29) is 0 Å². The highest BCUT2D eigenvalue weighted by Gasteiger charge is 2.19. The van der Waals surface area contributed by atoms with Gasteiger partial charge in [0, 0.05) is 33.9 Å². The van der Waals surface area contributed by atoms with Crippen LogP contribution in [-0.4, -0.2) is 0 Å². The van der Waals surface area contributed by atoms with Crippen LogP contribution < -0.4 is 4.90 Å². The minimum atomic E-state index is 0.876. The maximum atomic E-state index is 6.35.